The summed E-state index contributed by atoms with van der Waals surface area (Å²) in [5, 5.41) is 3.01. The highest BCUT2D eigenvalue weighted by atomic mass is 16.1. The molecule has 1 N–H and O–H groups in total. The van der Waals surface area contributed by atoms with Crippen LogP contribution in [-0.2, 0) is 0 Å². The molecule has 1 amide bonds. The normalized spacial score (nSPS) is 12.8. The van der Waals surface area contributed by atoms with E-state index in [1.54, 1.807) is 6.20 Å². The molecule has 0 spiro atoms. The van der Waals surface area contributed by atoms with Gasteiger partial charge in [0.2, 0.25) is 0 Å². The average molecular weight is 250 g/mol. The van der Waals surface area contributed by atoms with Crippen molar-refractivity contribution in [2.45, 2.75) is 26.3 Å². The van der Waals surface area contributed by atoms with Crippen LogP contribution in [0.1, 0.15) is 30.8 Å². The van der Waals surface area contributed by atoms with Gasteiger partial charge in [0.1, 0.15) is 5.69 Å². The van der Waals surface area contributed by atoms with Crippen LogP contribution in [0.25, 0.3) is 0 Å². The zero-order chi connectivity index (χ0) is 13.5. The lowest BCUT2D eigenvalue weighted by molar-refractivity contribution is 0.0919. The molecular weight excluding hydrogens is 228 g/mol. The van der Waals surface area contributed by atoms with Crippen LogP contribution < -0.4 is 5.32 Å². The first-order valence-corrected chi connectivity index (χ1v) is 6.20. The lowest BCUT2D eigenvalue weighted by atomic mass is 10.0. The monoisotopic (exact) mass is 250 g/mol. The number of rotatable bonds is 6. The Hall–Kier alpha value is -1.49. The molecular formula is C13H22N4O. The molecule has 0 radical (unpaired) electrons. The number of nitrogens with zero attached hydrogens (tertiary/aromatic N) is 3. The third-order valence-electron chi connectivity index (χ3n) is 2.47. The minimum Gasteiger partial charge on any atom is -0.347 e. The number of nitrogens with one attached hydrogen (secondary N) is 1. The van der Waals surface area contributed by atoms with Gasteiger partial charge >= 0.3 is 0 Å². The molecule has 1 aromatic rings. The largest absolute Gasteiger partial charge is 0.347 e. The molecule has 0 aliphatic heterocycles. The zero-order valence-electron chi connectivity index (χ0n) is 11.6. The van der Waals surface area contributed by atoms with Crippen molar-refractivity contribution in [2.75, 3.05) is 20.6 Å². The molecule has 0 saturated heterocycles. The van der Waals surface area contributed by atoms with Gasteiger partial charge in [0, 0.05) is 25.0 Å². The van der Waals surface area contributed by atoms with Crippen molar-refractivity contribution in [3.05, 3.63) is 24.3 Å². The highest BCUT2D eigenvalue weighted by Gasteiger charge is 2.16. The molecule has 1 unspecified atom stereocenters. The van der Waals surface area contributed by atoms with Gasteiger partial charge in [0.15, 0.2) is 0 Å². The summed E-state index contributed by atoms with van der Waals surface area (Å²) in [7, 11) is 4.00. The molecule has 1 rings (SSSR count). The van der Waals surface area contributed by atoms with Crippen LogP contribution in [0.5, 0.6) is 0 Å². The number of aromatic nitrogens is 2. The molecule has 0 saturated carbocycles. The van der Waals surface area contributed by atoms with Crippen LogP contribution >= 0.6 is 0 Å². The Morgan fingerprint density at radius 1 is 1.39 bits per heavy atom. The van der Waals surface area contributed by atoms with Gasteiger partial charge in [-0.05, 0) is 26.4 Å². The molecule has 5 nitrogen and oxygen atoms in total. The predicted octanol–water partition coefficient (Wildman–Crippen LogP) is 1.18. The fourth-order valence-electron chi connectivity index (χ4n) is 1.86. The van der Waals surface area contributed by atoms with Crippen LogP contribution in [0.3, 0.4) is 0 Å². The number of hydrogen-bond donors (Lipinski definition) is 1. The first-order chi connectivity index (χ1) is 8.49. The molecule has 0 aliphatic carbocycles. The smallest absolute Gasteiger partial charge is 0.271 e. The molecule has 0 aliphatic rings. The molecule has 100 valence electrons. The van der Waals surface area contributed by atoms with Gasteiger partial charge in [-0.25, -0.2) is 4.98 Å². The van der Waals surface area contributed by atoms with E-state index >= 15 is 0 Å². The highest BCUT2D eigenvalue weighted by Crippen LogP contribution is 2.06. The summed E-state index contributed by atoms with van der Waals surface area (Å²) in [6.45, 7) is 5.12. The van der Waals surface area contributed by atoms with Crippen molar-refractivity contribution in [2.24, 2.45) is 5.92 Å². The van der Waals surface area contributed by atoms with E-state index in [0.717, 1.165) is 13.0 Å². The quantitative estimate of drug-likeness (QED) is 0.823. The first-order valence-electron chi connectivity index (χ1n) is 6.20. The Labute approximate surface area is 109 Å². The topological polar surface area (TPSA) is 58.1 Å². The van der Waals surface area contributed by atoms with Crippen LogP contribution in [0.2, 0.25) is 0 Å². The Kier molecular flexibility index (Phi) is 5.71. The summed E-state index contributed by atoms with van der Waals surface area (Å²) >= 11 is 0. The summed E-state index contributed by atoms with van der Waals surface area (Å²) in [4.78, 5) is 22.0. The third-order valence-corrected chi connectivity index (χ3v) is 2.47. The van der Waals surface area contributed by atoms with E-state index in [9.17, 15) is 4.79 Å². The van der Waals surface area contributed by atoms with Gasteiger partial charge in [0.25, 0.3) is 5.91 Å². The Bertz CT molecular complexity index is 355. The van der Waals surface area contributed by atoms with Crippen LogP contribution in [0, 0.1) is 5.92 Å². The second-order valence-corrected chi connectivity index (χ2v) is 5.15. The molecule has 1 atom stereocenters. The van der Waals surface area contributed by atoms with E-state index in [4.69, 9.17) is 0 Å². The highest BCUT2D eigenvalue weighted by molar-refractivity contribution is 5.92. The van der Waals surface area contributed by atoms with E-state index in [1.807, 2.05) is 14.1 Å². The van der Waals surface area contributed by atoms with Crippen LogP contribution in [0.4, 0.5) is 0 Å². The maximum Gasteiger partial charge on any atom is 0.271 e. The standard InChI is InChI=1S/C13H22N4O/c1-10(2)7-11(9-17(3)4)16-13(18)12-8-14-5-6-15-12/h5-6,8,10-11H,7,9H2,1-4H3,(H,16,18). The van der Waals surface area contributed by atoms with Gasteiger partial charge in [-0.1, -0.05) is 13.8 Å². The van der Waals surface area contributed by atoms with Crippen LogP contribution in [0.15, 0.2) is 18.6 Å². The van der Waals surface area contributed by atoms with E-state index in [2.05, 4.69) is 34.0 Å². The first kappa shape index (κ1) is 14.6. The lowest BCUT2D eigenvalue weighted by Gasteiger charge is -2.23. The number of likely N-dealkylation sites (N-methyl/N-ethyl adjacent to an activating group) is 1. The lowest BCUT2D eigenvalue weighted by Crippen LogP contribution is -2.42. The summed E-state index contributed by atoms with van der Waals surface area (Å²) < 4.78 is 0. The zero-order valence-corrected chi connectivity index (χ0v) is 11.6. The second kappa shape index (κ2) is 7.06. The van der Waals surface area contributed by atoms with Gasteiger partial charge in [-0.3, -0.25) is 9.78 Å². The maximum atomic E-state index is 12.0. The van der Waals surface area contributed by atoms with E-state index < -0.39 is 0 Å². The summed E-state index contributed by atoms with van der Waals surface area (Å²) in [6, 6.07) is 0.134. The Morgan fingerprint density at radius 2 is 2.11 bits per heavy atom. The summed E-state index contributed by atoms with van der Waals surface area (Å²) in [6.07, 6.45) is 5.52. The minimum absolute atomic E-state index is 0.134. The Balaban J connectivity index is 2.62. The van der Waals surface area contributed by atoms with Gasteiger partial charge < -0.3 is 10.2 Å². The van der Waals surface area contributed by atoms with E-state index in [1.165, 1.54) is 12.4 Å². The van der Waals surface area contributed by atoms with Crippen molar-refractivity contribution in [1.29, 1.82) is 0 Å². The number of hydrogen-bond acceptors (Lipinski definition) is 4. The number of carbonyl (C=O) groups excluding carboxylic acids is 1. The predicted molar refractivity (Wildman–Crippen MR) is 71.3 cm³/mol. The van der Waals surface area contributed by atoms with Gasteiger partial charge in [-0.15, -0.1) is 0 Å². The SMILES string of the molecule is CC(C)CC(CN(C)C)NC(=O)c1cnccn1. The van der Waals surface area contributed by atoms with Crippen molar-refractivity contribution >= 4 is 5.91 Å². The van der Waals surface area contributed by atoms with Crippen LogP contribution in [-0.4, -0.2) is 47.5 Å². The maximum absolute atomic E-state index is 12.0. The summed E-state index contributed by atoms with van der Waals surface area (Å²) in [5.41, 5.74) is 0.366. The molecule has 0 bridgehead atoms. The van der Waals surface area contributed by atoms with Gasteiger partial charge in [0.05, 0.1) is 6.20 Å². The fraction of sp³-hybridized carbons (Fsp3) is 0.615. The van der Waals surface area contributed by atoms with Crippen molar-refractivity contribution in [3.63, 3.8) is 0 Å². The number of carbonyl (C=O) groups is 1. The molecule has 0 aromatic carbocycles. The molecule has 1 heterocycles. The fourth-order valence-corrected chi connectivity index (χ4v) is 1.86. The average Bonchev–Trinajstić information content (AvgIpc) is 2.28. The van der Waals surface area contributed by atoms with E-state index in [0.29, 0.717) is 11.6 Å². The molecule has 1 aromatic heterocycles. The molecule has 5 heteroatoms. The van der Waals surface area contributed by atoms with E-state index in [-0.39, 0.29) is 11.9 Å². The minimum atomic E-state index is -0.157. The molecule has 0 fully saturated rings. The van der Waals surface area contributed by atoms with Crippen molar-refractivity contribution in [1.82, 2.24) is 20.2 Å². The van der Waals surface area contributed by atoms with Crippen molar-refractivity contribution in [3.8, 4) is 0 Å². The van der Waals surface area contributed by atoms with Crippen molar-refractivity contribution < 1.29 is 4.79 Å². The third kappa shape index (κ3) is 5.23. The Morgan fingerprint density at radius 3 is 2.61 bits per heavy atom. The molecule has 18 heavy (non-hydrogen) atoms. The second-order valence-electron chi connectivity index (χ2n) is 5.15. The summed E-state index contributed by atoms with van der Waals surface area (Å²) in [5.74, 6) is 0.382. The number of amides is 1. The van der Waals surface area contributed by atoms with Gasteiger partial charge in [-0.2, -0.15) is 0 Å².